The smallest absolute Gasteiger partial charge is 0.0245 e. The number of benzene rings is 1. The van der Waals surface area contributed by atoms with Crippen LogP contribution >= 0.6 is 0 Å². The van der Waals surface area contributed by atoms with E-state index in [-0.39, 0.29) is 0 Å². The topological polar surface area (TPSA) is 6.48 Å². The van der Waals surface area contributed by atoms with E-state index in [4.69, 9.17) is 0 Å². The normalized spacial score (nSPS) is 14.5. The van der Waals surface area contributed by atoms with E-state index in [9.17, 15) is 0 Å². The van der Waals surface area contributed by atoms with Crippen LogP contribution in [-0.4, -0.2) is 42.5 Å². The van der Waals surface area contributed by atoms with Crippen LogP contribution in [-0.2, 0) is 6.54 Å². The van der Waals surface area contributed by atoms with E-state index in [0.29, 0.717) is 0 Å². The van der Waals surface area contributed by atoms with E-state index in [1.165, 1.54) is 44.7 Å². The molecule has 0 unspecified atom stereocenters. The molecule has 0 bridgehead atoms. The number of piperazine rings is 1. The highest BCUT2D eigenvalue weighted by Gasteiger charge is 2.15. The van der Waals surface area contributed by atoms with Gasteiger partial charge in [-0.05, 0) is 37.6 Å². The minimum absolute atomic E-state index is 1.07. The second kappa shape index (κ2) is 14.3. The fraction of sp³-hybridized carbons (Fsp3) is 0.619. The molecule has 1 aliphatic heterocycles. The van der Waals surface area contributed by atoms with Crippen molar-refractivity contribution in [2.45, 2.75) is 54.5 Å². The van der Waals surface area contributed by atoms with Gasteiger partial charge in [0.1, 0.15) is 0 Å². The van der Waals surface area contributed by atoms with Crippen molar-refractivity contribution in [3.8, 4) is 11.8 Å². The SMILES string of the molecule is CC.CC.CC#Cc1ccc(CN2CCN(CCC)CC2)cc1. The van der Waals surface area contributed by atoms with Crippen molar-refractivity contribution in [3.05, 3.63) is 35.4 Å². The van der Waals surface area contributed by atoms with E-state index in [0.717, 1.165) is 12.1 Å². The predicted octanol–water partition coefficient (Wildman–Crippen LogP) is 4.64. The Kier molecular flexibility index (Phi) is 13.5. The Morgan fingerprint density at radius 2 is 1.39 bits per heavy atom. The first-order valence-electron chi connectivity index (χ1n) is 9.28. The number of hydrogen-bond acceptors (Lipinski definition) is 2. The summed E-state index contributed by atoms with van der Waals surface area (Å²) in [5.41, 5.74) is 2.50. The van der Waals surface area contributed by atoms with Gasteiger partial charge in [0.15, 0.2) is 0 Å². The molecule has 1 aromatic carbocycles. The van der Waals surface area contributed by atoms with Gasteiger partial charge in [-0.1, -0.05) is 52.7 Å². The molecule has 1 saturated heterocycles. The largest absolute Gasteiger partial charge is 0.301 e. The zero-order chi connectivity index (χ0) is 17.5. The molecule has 0 N–H and O–H groups in total. The first-order valence-corrected chi connectivity index (χ1v) is 9.28. The van der Waals surface area contributed by atoms with Gasteiger partial charge in [0, 0.05) is 38.3 Å². The third kappa shape index (κ3) is 8.79. The van der Waals surface area contributed by atoms with Gasteiger partial charge in [0.25, 0.3) is 0 Å². The first kappa shape index (κ1) is 21.7. The molecule has 0 aromatic heterocycles. The number of nitrogens with zero attached hydrogens (tertiary/aromatic N) is 2. The zero-order valence-corrected chi connectivity index (χ0v) is 16.2. The second-order valence-electron chi connectivity index (χ2n) is 5.19. The lowest BCUT2D eigenvalue weighted by Gasteiger charge is -2.34. The Bertz CT molecular complexity index is 431. The summed E-state index contributed by atoms with van der Waals surface area (Å²) in [6.45, 7) is 19.3. The van der Waals surface area contributed by atoms with Crippen LogP contribution in [0, 0.1) is 11.8 Å². The lowest BCUT2D eigenvalue weighted by atomic mass is 10.1. The molecular weight excluding hydrogens is 280 g/mol. The van der Waals surface area contributed by atoms with Crippen molar-refractivity contribution in [2.75, 3.05) is 32.7 Å². The van der Waals surface area contributed by atoms with Crippen molar-refractivity contribution in [1.82, 2.24) is 9.80 Å². The molecule has 130 valence electrons. The van der Waals surface area contributed by atoms with Crippen LogP contribution in [0.3, 0.4) is 0 Å². The third-order valence-corrected chi connectivity index (χ3v) is 3.63. The number of rotatable bonds is 4. The quantitative estimate of drug-likeness (QED) is 0.747. The Labute approximate surface area is 144 Å². The molecule has 0 atom stereocenters. The van der Waals surface area contributed by atoms with Crippen LogP contribution in [0.4, 0.5) is 0 Å². The fourth-order valence-electron chi connectivity index (χ4n) is 2.58. The van der Waals surface area contributed by atoms with Crippen LogP contribution in [0.2, 0.25) is 0 Å². The predicted molar refractivity (Wildman–Crippen MR) is 104 cm³/mol. The van der Waals surface area contributed by atoms with Crippen LogP contribution in [0.5, 0.6) is 0 Å². The van der Waals surface area contributed by atoms with E-state index in [1.54, 1.807) is 0 Å². The monoisotopic (exact) mass is 316 g/mol. The van der Waals surface area contributed by atoms with Gasteiger partial charge < -0.3 is 4.90 Å². The maximum Gasteiger partial charge on any atom is 0.0245 e. The van der Waals surface area contributed by atoms with Gasteiger partial charge in [-0.25, -0.2) is 0 Å². The minimum Gasteiger partial charge on any atom is -0.301 e. The van der Waals surface area contributed by atoms with Crippen molar-refractivity contribution in [3.63, 3.8) is 0 Å². The standard InChI is InChI=1S/C17H24N2.2C2H6/c1-3-5-16-6-8-17(9-7-16)15-19-13-11-18(10-4-2)12-14-19;2*1-2/h6-9H,4,10-15H2,1-2H3;2*1-2H3. The molecule has 0 amide bonds. The summed E-state index contributed by atoms with van der Waals surface area (Å²) in [6.07, 6.45) is 1.26. The average molecular weight is 317 g/mol. The molecule has 2 rings (SSSR count). The van der Waals surface area contributed by atoms with Crippen molar-refractivity contribution in [1.29, 1.82) is 0 Å². The van der Waals surface area contributed by atoms with Crippen LogP contribution in [0.25, 0.3) is 0 Å². The summed E-state index contributed by atoms with van der Waals surface area (Å²) < 4.78 is 0. The Balaban J connectivity index is 0.00000112. The summed E-state index contributed by atoms with van der Waals surface area (Å²) in [6, 6.07) is 8.66. The van der Waals surface area contributed by atoms with E-state index >= 15 is 0 Å². The summed E-state index contributed by atoms with van der Waals surface area (Å²) in [5, 5.41) is 0. The Morgan fingerprint density at radius 3 is 1.87 bits per heavy atom. The Morgan fingerprint density at radius 1 is 0.870 bits per heavy atom. The summed E-state index contributed by atoms with van der Waals surface area (Å²) in [7, 11) is 0. The van der Waals surface area contributed by atoms with E-state index in [1.807, 2.05) is 34.6 Å². The van der Waals surface area contributed by atoms with Crippen molar-refractivity contribution < 1.29 is 0 Å². The highest BCUT2D eigenvalue weighted by Crippen LogP contribution is 2.10. The maximum atomic E-state index is 3.09. The third-order valence-electron chi connectivity index (χ3n) is 3.63. The van der Waals surface area contributed by atoms with Gasteiger partial charge in [0.2, 0.25) is 0 Å². The van der Waals surface area contributed by atoms with Crippen LogP contribution < -0.4 is 0 Å². The lowest BCUT2D eigenvalue weighted by molar-refractivity contribution is 0.127. The first-order chi connectivity index (χ1) is 11.3. The fourth-order valence-corrected chi connectivity index (χ4v) is 2.58. The highest BCUT2D eigenvalue weighted by atomic mass is 15.3. The summed E-state index contributed by atoms with van der Waals surface area (Å²) >= 11 is 0. The minimum atomic E-state index is 1.07. The highest BCUT2D eigenvalue weighted by molar-refractivity contribution is 5.35. The molecule has 2 heteroatoms. The molecule has 23 heavy (non-hydrogen) atoms. The van der Waals surface area contributed by atoms with E-state index < -0.39 is 0 Å². The number of hydrogen-bond donors (Lipinski definition) is 0. The molecule has 1 aliphatic rings. The van der Waals surface area contributed by atoms with Crippen LogP contribution in [0.15, 0.2) is 24.3 Å². The molecule has 0 saturated carbocycles. The molecule has 0 radical (unpaired) electrons. The van der Waals surface area contributed by atoms with Crippen LogP contribution in [0.1, 0.15) is 59.1 Å². The summed E-state index contributed by atoms with van der Waals surface area (Å²) in [5.74, 6) is 6.02. The van der Waals surface area contributed by atoms with Gasteiger partial charge in [0.05, 0.1) is 0 Å². The maximum absolute atomic E-state index is 3.09. The lowest BCUT2D eigenvalue weighted by Crippen LogP contribution is -2.45. The van der Waals surface area contributed by atoms with Gasteiger partial charge >= 0.3 is 0 Å². The van der Waals surface area contributed by atoms with Gasteiger partial charge in [-0.3, -0.25) is 4.90 Å². The molecule has 2 nitrogen and oxygen atoms in total. The molecular formula is C21H36N2. The van der Waals surface area contributed by atoms with Gasteiger partial charge in [-0.2, -0.15) is 0 Å². The molecule has 1 heterocycles. The molecule has 0 spiro atoms. The molecule has 1 fully saturated rings. The average Bonchev–Trinajstić information content (AvgIpc) is 2.62. The van der Waals surface area contributed by atoms with Crippen molar-refractivity contribution in [2.24, 2.45) is 0 Å². The Hall–Kier alpha value is -1.30. The second-order valence-corrected chi connectivity index (χ2v) is 5.19. The zero-order valence-electron chi connectivity index (χ0n) is 16.2. The van der Waals surface area contributed by atoms with E-state index in [2.05, 4.69) is 52.8 Å². The van der Waals surface area contributed by atoms with Gasteiger partial charge in [-0.15, -0.1) is 5.92 Å². The van der Waals surface area contributed by atoms with Crippen molar-refractivity contribution >= 4 is 0 Å². The summed E-state index contributed by atoms with van der Waals surface area (Å²) in [4.78, 5) is 5.11. The molecule has 1 aromatic rings. The molecule has 0 aliphatic carbocycles.